The summed E-state index contributed by atoms with van der Waals surface area (Å²) < 4.78 is 0. The van der Waals surface area contributed by atoms with Gasteiger partial charge in [0.25, 0.3) is 0 Å². The Kier molecular flexibility index (Phi) is 6.30. The lowest BCUT2D eigenvalue weighted by molar-refractivity contribution is 0.0968. The highest BCUT2D eigenvalue weighted by Crippen LogP contribution is 2.30. The molecule has 0 aliphatic rings. The number of carbonyl (C=O) groups is 1. The fraction of sp³-hybridized carbons (Fsp3) is 0.208. The summed E-state index contributed by atoms with van der Waals surface area (Å²) in [5.74, 6) is 1.31. The number of Topliss-reactive ketones (excluding diaryl/α,β-unsaturated/α-hetero) is 1. The lowest BCUT2D eigenvalue weighted by Crippen LogP contribution is -2.15. The van der Waals surface area contributed by atoms with Crippen LogP contribution in [0.1, 0.15) is 47.2 Å². The largest absolute Gasteiger partial charge is 0.293 e. The molecule has 0 aromatic heterocycles. The number of thioether (sulfide) groups is 1. The van der Waals surface area contributed by atoms with Crippen molar-refractivity contribution in [2.45, 2.75) is 30.6 Å². The van der Waals surface area contributed by atoms with Crippen LogP contribution in [0.25, 0.3) is 0 Å². The maximum Gasteiger partial charge on any atom is 0.171 e. The van der Waals surface area contributed by atoms with Gasteiger partial charge in [-0.15, -0.1) is 11.8 Å². The molecule has 0 saturated heterocycles. The smallest absolute Gasteiger partial charge is 0.171 e. The standard InChI is InChI=1S/C24H24OS/c1-18(2)19-13-15-22(16-14-19)26-17-23(20-9-5-3-6-10-20)24(25)21-11-7-4-8-12-21/h3-16,18,23H,17H2,1-2H3. The van der Waals surface area contributed by atoms with E-state index in [2.05, 4.69) is 38.1 Å². The molecule has 0 fully saturated rings. The summed E-state index contributed by atoms with van der Waals surface area (Å²) in [5.41, 5.74) is 3.19. The van der Waals surface area contributed by atoms with Gasteiger partial charge in [0.1, 0.15) is 0 Å². The van der Waals surface area contributed by atoms with Crippen LogP contribution >= 0.6 is 11.8 Å². The van der Waals surface area contributed by atoms with E-state index in [9.17, 15) is 4.79 Å². The van der Waals surface area contributed by atoms with Gasteiger partial charge in [-0.05, 0) is 29.2 Å². The van der Waals surface area contributed by atoms with Gasteiger partial charge in [0, 0.05) is 16.2 Å². The Hall–Kier alpha value is -2.32. The minimum absolute atomic E-state index is 0.145. The molecule has 132 valence electrons. The zero-order valence-corrected chi connectivity index (χ0v) is 16.1. The van der Waals surface area contributed by atoms with Gasteiger partial charge in [-0.3, -0.25) is 4.79 Å². The number of rotatable bonds is 7. The average Bonchev–Trinajstić information content (AvgIpc) is 2.70. The van der Waals surface area contributed by atoms with Gasteiger partial charge in [-0.2, -0.15) is 0 Å². The summed E-state index contributed by atoms with van der Waals surface area (Å²) in [6.07, 6.45) is 0. The molecule has 1 unspecified atom stereocenters. The Balaban J connectivity index is 1.79. The fourth-order valence-corrected chi connectivity index (χ4v) is 3.97. The topological polar surface area (TPSA) is 17.1 Å². The molecule has 0 heterocycles. The maximum absolute atomic E-state index is 13.1. The molecule has 3 aromatic carbocycles. The average molecular weight is 361 g/mol. The van der Waals surface area contributed by atoms with E-state index in [0.717, 1.165) is 16.9 Å². The number of benzene rings is 3. The molecule has 0 N–H and O–H groups in total. The van der Waals surface area contributed by atoms with Crippen LogP contribution in [0.4, 0.5) is 0 Å². The molecule has 0 radical (unpaired) electrons. The van der Waals surface area contributed by atoms with E-state index >= 15 is 0 Å². The minimum Gasteiger partial charge on any atom is -0.293 e. The fourth-order valence-electron chi connectivity index (χ4n) is 2.94. The van der Waals surface area contributed by atoms with Crippen molar-refractivity contribution in [1.82, 2.24) is 0 Å². The molecular formula is C24H24OS. The van der Waals surface area contributed by atoms with Crippen molar-refractivity contribution in [3.05, 3.63) is 102 Å². The molecule has 2 heteroatoms. The quantitative estimate of drug-likeness (QED) is 0.350. The number of hydrogen-bond donors (Lipinski definition) is 0. The van der Waals surface area contributed by atoms with E-state index in [-0.39, 0.29) is 11.7 Å². The van der Waals surface area contributed by atoms with Crippen molar-refractivity contribution in [2.24, 2.45) is 0 Å². The highest BCUT2D eigenvalue weighted by molar-refractivity contribution is 7.99. The summed E-state index contributed by atoms with van der Waals surface area (Å²) in [6, 6.07) is 28.4. The van der Waals surface area contributed by atoms with Crippen molar-refractivity contribution >= 4 is 17.5 Å². The Morgan fingerprint density at radius 2 is 1.35 bits per heavy atom. The second-order valence-electron chi connectivity index (χ2n) is 6.73. The molecule has 3 aromatic rings. The molecule has 0 spiro atoms. The number of carbonyl (C=O) groups excluding carboxylic acids is 1. The SMILES string of the molecule is CC(C)c1ccc(SCC(C(=O)c2ccccc2)c2ccccc2)cc1. The van der Waals surface area contributed by atoms with E-state index in [1.807, 2.05) is 60.7 Å². The zero-order chi connectivity index (χ0) is 18.4. The van der Waals surface area contributed by atoms with Gasteiger partial charge < -0.3 is 0 Å². The Bertz CT molecular complexity index is 823. The molecule has 1 atom stereocenters. The predicted octanol–water partition coefficient (Wildman–Crippen LogP) is 6.57. The Morgan fingerprint density at radius 3 is 1.92 bits per heavy atom. The second kappa shape index (κ2) is 8.86. The molecule has 0 amide bonds. The minimum atomic E-state index is -0.145. The van der Waals surface area contributed by atoms with E-state index < -0.39 is 0 Å². The third-order valence-corrected chi connectivity index (χ3v) is 5.65. The second-order valence-corrected chi connectivity index (χ2v) is 7.82. The first kappa shape index (κ1) is 18.5. The van der Waals surface area contributed by atoms with E-state index in [4.69, 9.17) is 0 Å². The summed E-state index contributed by atoms with van der Waals surface area (Å²) in [4.78, 5) is 14.3. The van der Waals surface area contributed by atoms with E-state index in [1.54, 1.807) is 11.8 Å². The summed E-state index contributed by atoms with van der Waals surface area (Å²) in [5, 5.41) is 0. The van der Waals surface area contributed by atoms with Crippen molar-refractivity contribution in [2.75, 3.05) is 5.75 Å². The Morgan fingerprint density at radius 1 is 0.769 bits per heavy atom. The van der Waals surface area contributed by atoms with Gasteiger partial charge in [-0.25, -0.2) is 0 Å². The summed E-state index contributed by atoms with van der Waals surface area (Å²) in [6.45, 7) is 4.40. The van der Waals surface area contributed by atoms with Gasteiger partial charge >= 0.3 is 0 Å². The van der Waals surface area contributed by atoms with Gasteiger partial charge in [-0.1, -0.05) is 86.6 Å². The van der Waals surface area contributed by atoms with E-state index in [1.165, 1.54) is 10.5 Å². The molecule has 0 aliphatic heterocycles. The highest BCUT2D eigenvalue weighted by Gasteiger charge is 2.22. The van der Waals surface area contributed by atoms with Crippen molar-refractivity contribution in [1.29, 1.82) is 0 Å². The van der Waals surface area contributed by atoms with Crippen LogP contribution in [-0.4, -0.2) is 11.5 Å². The van der Waals surface area contributed by atoms with Crippen LogP contribution in [0.3, 0.4) is 0 Å². The first-order chi connectivity index (χ1) is 12.6. The summed E-state index contributed by atoms with van der Waals surface area (Å²) >= 11 is 1.75. The Labute approximate surface area is 160 Å². The normalized spacial score (nSPS) is 12.1. The van der Waals surface area contributed by atoms with Crippen LogP contribution in [0.5, 0.6) is 0 Å². The molecular weight excluding hydrogens is 336 g/mol. The van der Waals surface area contributed by atoms with Crippen LogP contribution < -0.4 is 0 Å². The molecule has 0 saturated carbocycles. The molecule has 3 rings (SSSR count). The molecule has 26 heavy (non-hydrogen) atoms. The summed E-state index contributed by atoms with van der Waals surface area (Å²) in [7, 11) is 0. The van der Waals surface area contributed by atoms with Crippen LogP contribution in [0.2, 0.25) is 0 Å². The van der Waals surface area contributed by atoms with Crippen molar-refractivity contribution in [3.8, 4) is 0 Å². The van der Waals surface area contributed by atoms with Crippen LogP contribution in [0, 0.1) is 0 Å². The predicted molar refractivity (Wildman–Crippen MR) is 111 cm³/mol. The van der Waals surface area contributed by atoms with Gasteiger partial charge in [0.15, 0.2) is 5.78 Å². The number of ketones is 1. The monoisotopic (exact) mass is 360 g/mol. The van der Waals surface area contributed by atoms with Crippen LogP contribution in [-0.2, 0) is 0 Å². The first-order valence-corrected chi connectivity index (χ1v) is 10.0. The van der Waals surface area contributed by atoms with E-state index in [0.29, 0.717) is 5.92 Å². The molecule has 0 aliphatic carbocycles. The first-order valence-electron chi connectivity index (χ1n) is 9.02. The third kappa shape index (κ3) is 4.64. The number of hydrogen-bond acceptors (Lipinski definition) is 2. The van der Waals surface area contributed by atoms with Crippen molar-refractivity contribution < 1.29 is 4.79 Å². The van der Waals surface area contributed by atoms with Crippen molar-refractivity contribution in [3.63, 3.8) is 0 Å². The molecule has 0 bridgehead atoms. The maximum atomic E-state index is 13.1. The molecule has 1 nitrogen and oxygen atoms in total. The lowest BCUT2D eigenvalue weighted by Gasteiger charge is -2.16. The lowest BCUT2D eigenvalue weighted by atomic mass is 9.92. The van der Waals surface area contributed by atoms with Crippen LogP contribution in [0.15, 0.2) is 89.8 Å². The third-order valence-electron chi connectivity index (χ3n) is 4.54. The van der Waals surface area contributed by atoms with Gasteiger partial charge in [0.05, 0.1) is 5.92 Å². The zero-order valence-electron chi connectivity index (χ0n) is 15.3. The highest BCUT2D eigenvalue weighted by atomic mass is 32.2. The van der Waals surface area contributed by atoms with Gasteiger partial charge in [0.2, 0.25) is 0 Å².